The zero-order valence-corrected chi connectivity index (χ0v) is 10.1. The molecule has 0 bridgehead atoms. The van der Waals surface area contributed by atoms with Crippen LogP contribution in [0.25, 0.3) is 5.69 Å². The molecule has 1 aromatic carbocycles. The van der Waals surface area contributed by atoms with Gasteiger partial charge in [0.15, 0.2) is 4.77 Å². The van der Waals surface area contributed by atoms with E-state index in [1.807, 2.05) is 48.7 Å². The maximum atomic E-state index is 9.82. The molecule has 0 fully saturated rings. The highest BCUT2D eigenvalue weighted by Crippen LogP contribution is 2.21. The Morgan fingerprint density at radius 3 is 2.31 bits per heavy atom. The molecular weight excluding hydrogens is 220 g/mol. The fourth-order valence-electron chi connectivity index (χ4n) is 1.71. The Bertz CT molecular complexity index is 540. The third-order valence-corrected chi connectivity index (χ3v) is 2.85. The molecule has 0 spiro atoms. The van der Waals surface area contributed by atoms with Crippen molar-refractivity contribution in [3.8, 4) is 11.6 Å². The van der Waals surface area contributed by atoms with Crippen molar-refractivity contribution >= 4 is 12.2 Å². The number of nitrogens with zero attached hydrogens (tertiary/aromatic N) is 2. The first-order chi connectivity index (χ1) is 7.61. The van der Waals surface area contributed by atoms with Crippen LogP contribution in [0.4, 0.5) is 0 Å². The van der Waals surface area contributed by atoms with Gasteiger partial charge in [-0.3, -0.25) is 9.13 Å². The van der Waals surface area contributed by atoms with Gasteiger partial charge in [0.1, 0.15) is 0 Å². The Morgan fingerprint density at radius 1 is 1.19 bits per heavy atom. The van der Waals surface area contributed by atoms with Gasteiger partial charge in [-0.05, 0) is 38.2 Å². The van der Waals surface area contributed by atoms with Crippen molar-refractivity contribution in [3.63, 3.8) is 0 Å². The van der Waals surface area contributed by atoms with Gasteiger partial charge in [0.05, 0.1) is 6.20 Å². The van der Waals surface area contributed by atoms with Crippen molar-refractivity contribution in [1.82, 2.24) is 9.13 Å². The molecule has 0 radical (unpaired) electrons. The van der Waals surface area contributed by atoms with Gasteiger partial charge in [-0.2, -0.15) is 0 Å². The first kappa shape index (κ1) is 11.0. The predicted molar refractivity (Wildman–Crippen MR) is 66.6 cm³/mol. The normalized spacial score (nSPS) is 10.9. The summed E-state index contributed by atoms with van der Waals surface area (Å²) in [6.07, 6.45) is 1.65. The van der Waals surface area contributed by atoms with Crippen LogP contribution in [-0.2, 0) is 0 Å². The number of benzene rings is 1. The lowest BCUT2D eigenvalue weighted by atomic mass is 10.3. The number of aromatic hydroxyl groups is 1. The second-order valence-electron chi connectivity index (χ2n) is 3.94. The lowest BCUT2D eigenvalue weighted by molar-refractivity contribution is 0.398. The first-order valence-corrected chi connectivity index (χ1v) is 5.60. The molecule has 0 saturated heterocycles. The highest BCUT2D eigenvalue weighted by atomic mass is 32.1. The van der Waals surface area contributed by atoms with Crippen molar-refractivity contribution in [3.05, 3.63) is 41.3 Å². The van der Waals surface area contributed by atoms with E-state index in [4.69, 9.17) is 12.2 Å². The SMILES string of the molecule is CC(C)n1c(O)cn(-c2ccccc2)c1=S. The van der Waals surface area contributed by atoms with Crippen LogP contribution in [-0.4, -0.2) is 14.2 Å². The largest absolute Gasteiger partial charge is 0.493 e. The highest BCUT2D eigenvalue weighted by Gasteiger charge is 2.10. The Balaban J connectivity index is 2.61. The summed E-state index contributed by atoms with van der Waals surface area (Å²) in [5.74, 6) is 0.198. The minimum atomic E-state index is 0.150. The molecule has 0 saturated carbocycles. The summed E-state index contributed by atoms with van der Waals surface area (Å²) in [6, 6.07) is 9.91. The Labute approximate surface area is 99.6 Å². The number of rotatable bonds is 2. The van der Waals surface area contributed by atoms with Gasteiger partial charge in [-0.15, -0.1) is 0 Å². The van der Waals surface area contributed by atoms with Crippen LogP contribution < -0.4 is 0 Å². The average Bonchev–Trinajstić information content (AvgIpc) is 2.55. The summed E-state index contributed by atoms with van der Waals surface area (Å²) in [6.45, 7) is 3.98. The topological polar surface area (TPSA) is 30.1 Å². The van der Waals surface area contributed by atoms with E-state index in [0.717, 1.165) is 5.69 Å². The van der Waals surface area contributed by atoms with E-state index in [1.54, 1.807) is 10.8 Å². The molecule has 3 nitrogen and oxygen atoms in total. The molecule has 2 aromatic rings. The number of para-hydroxylation sites is 1. The Hall–Kier alpha value is -1.55. The van der Waals surface area contributed by atoms with Crippen LogP contribution in [0.5, 0.6) is 5.88 Å². The molecule has 2 rings (SSSR count). The van der Waals surface area contributed by atoms with Gasteiger partial charge in [0.25, 0.3) is 0 Å². The second-order valence-corrected chi connectivity index (χ2v) is 4.30. The summed E-state index contributed by atoms with van der Waals surface area (Å²) in [7, 11) is 0. The predicted octanol–water partition coefficient (Wildman–Crippen LogP) is 3.29. The van der Waals surface area contributed by atoms with Gasteiger partial charge >= 0.3 is 0 Å². The molecule has 0 aliphatic rings. The summed E-state index contributed by atoms with van der Waals surface area (Å²) in [5.41, 5.74) is 0.960. The minimum absolute atomic E-state index is 0.150. The van der Waals surface area contributed by atoms with Crippen molar-refractivity contribution in [2.45, 2.75) is 19.9 Å². The Kier molecular flexibility index (Phi) is 2.83. The summed E-state index contributed by atoms with van der Waals surface area (Å²) >= 11 is 5.34. The van der Waals surface area contributed by atoms with Crippen LogP contribution in [0.3, 0.4) is 0 Å². The molecule has 1 aromatic heterocycles. The molecule has 0 aliphatic heterocycles. The van der Waals surface area contributed by atoms with Gasteiger partial charge in [0.2, 0.25) is 5.88 Å². The van der Waals surface area contributed by atoms with Crippen LogP contribution in [0.1, 0.15) is 19.9 Å². The van der Waals surface area contributed by atoms with Crippen molar-refractivity contribution in [1.29, 1.82) is 0 Å². The van der Waals surface area contributed by atoms with E-state index in [9.17, 15) is 5.11 Å². The van der Waals surface area contributed by atoms with Crippen LogP contribution in [0, 0.1) is 4.77 Å². The van der Waals surface area contributed by atoms with Crippen LogP contribution in [0.15, 0.2) is 36.5 Å². The van der Waals surface area contributed by atoms with Crippen molar-refractivity contribution in [2.75, 3.05) is 0 Å². The lowest BCUT2D eigenvalue weighted by Crippen LogP contribution is -2.02. The molecule has 16 heavy (non-hydrogen) atoms. The first-order valence-electron chi connectivity index (χ1n) is 5.19. The minimum Gasteiger partial charge on any atom is -0.493 e. The number of aromatic nitrogens is 2. The number of imidazole rings is 1. The standard InChI is InChI=1S/C12H14N2OS/c1-9(2)14-11(15)8-13(12(14)16)10-6-4-3-5-7-10/h3-9,15H,1-2H3. The van der Waals surface area contributed by atoms with E-state index in [2.05, 4.69) is 0 Å². The maximum absolute atomic E-state index is 9.82. The van der Waals surface area contributed by atoms with E-state index >= 15 is 0 Å². The molecule has 84 valence electrons. The molecule has 0 atom stereocenters. The van der Waals surface area contributed by atoms with E-state index < -0.39 is 0 Å². The van der Waals surface area contributed by atoms with E-state index in [-0.39, 0.29) is 11.9 Å². The van der Waals surface area contributed by atoms with Crippen LogP contribution >= 0.6 is 12.2 Å². The molecule has 0 amide bonds. The fourth-order valence-corrected chi connectivity index (χ4v) is 2.17. The Morgan fingerprint density at radius 2 is 1.81 bits per heavy atom. The second kappa shape index (κ2) is 4.14. The van der Waals surface area contributed by atoms with E-state index in [0.29, 0.717) is 4.77 Å². The summed E-state index contributed by atoms with van der Waals surface area (Å²) in [5, 5.41) is 9.82. The van der Waals surface area contributed by atoms with Gasteiger partial charge < -0.3 is 5.11 Å². The maximum Gasteiger partial charge on any atom is 0.210 e. The smallest absolute Gasteiger partial charge is 0.210 e. The van der Waals surface area contributed by atoms with Crippen LogP contribution in [0.2, 0.25) is 0 Å². The zero-order valence-electron chi connectivity index (χ0n) is 9.29. The highest BCUT2D eigenvalue weighted by molar-refractivity contribution is 7.71. The molecule has 0 unspecified atom stereocenters. The molecule has 4 heteroatoms. The number of hydrogen-bond acceptors (Lipinski definition) is 2. The fraction of sp³-hybridized carbons (Fsp3) is 0.250. The third kappa shape index (κ3) is 1.76. The molecule has 0 aliphatic carbocycles. The quantitative estimate of drug-likeness (QED) is 0.808. The molecular formula is C12H14N2OS. The zero-order chi connectivity index (χ0) is 11.7. The molecule has 1 N–H and O–H groups in total. The van der Waals surface area contributed by atoms with Crippen molar-refractivity contribution in [2.24, 2.45) is 0 Å². The van der Waals surface area contributed by atoms with Gasteiger partial charge in [0, 0.05) is 11.7 Å². The average molecular weight is 234 g/mol. The van der Waals surface area contributed by atoms with E-state index in [1.165, 1.54) is 0 Å². The monoisotopic (exact) mass is 234 g/mol. The third-order valence-electron chi connectivity index (χ3n) is 2.45. The van der Waals surface area contributed by atoms with Gasteiger partial charge in [-0.1, -0.05) is 18.2 Å². The van der Waals surface area contributed by atoms with Gasteiger partial charge in [-0.25, -0.2) is 0 Å². The summed E-state index contributed by atoms with van der Waals surface area (Å²) < 4.78 is 4.14. The lowest BCUT2D eigenvalue weighted by Gasteiger charge is -2.07. The number of hydrogen-bond donors (Lipinski definition) is 1. The molecule has 1 heterocycles. The summed E-state index contributed by atoms with van der Waals surface area (Å²) in [4.78, 5) is 0. The van der Waals surface area contributed by atoms with Crippen molar-refractivity contribution < 1.29 is 5.11 Å².